The molecule has 34 heavy (non-hydrogen) atoms. The highest BCUT2D eigenvalue weighted by Crippen LogP contribution is 2.35. The first kappa shape index (κ1) is 23.6. The van der Waals surface area contributed by atoms with E-state index in [1.54, 1.807) is 16.9 Å². The summed E-state index contributed by atoms with van der Waals surface area (Å²) in [5.41, 5.74) is 0.380. The standard InChI is InChI=1S/C22H18ClF4N5O2/c1-12-3-2-4-13(9-12)10-31-8-7-16(29-31)28-22(33)15-6-5-14(34-15)11-32-19(21(26)27)17(23)18(30-32)20(24)25/h2-9,20-21H,10-11H2,1H3,(H,28,29,33). The van der Waals surface area contributed by atoms with Gasteiger partial charge < -0.3 is 9.73 Å². The quantitative estimate of drug-likeness (QED) is 0.311. The number of anilines is 1. The van der Waals surface area contributed by atoms with Crippen LogP contribution in [0.5, 0.6) is 0 Å². The Balaban J connectivity index is 1.43. The molecule has 0 radical (unpaired) electrons. The van der Waals surface area contributed by atoms with E-state index in [9.17, 15) is 22.4 Å². The number of hydrogen-bond acceptors (Lipinski definition) is 4. The largest absolute Gasteiger partial charge is 0.454 e. The molecule has 178 valence electrons. The Hall–Kier alpha value is -3.60. The summed E-state index contributed by atoms with van der Waals surface area (Å²) in [5.74, 6) is -0.393. The van der Waals surface area contributed by atoms with Gasteiger partial charge in [0.25, 0.3) is 18.8 Å². The molecule has 0 aliphatic rings. The molecule has 0 bridgehead atoms. The van der Waals surface area contributed by atoms with Crippen LogP contribution >= 0.6 is 11.6 Å². The number of nitrogens with one attached hydrogen (secondary N) is 1. The molecule has 4 rings (SSSR count). The highest BCUT2D eigenvalue weighted by atomic mass is 35.5. The first-order chi connectivity index (χ1) is 16.2. The first-order valence-corrected chi connectivity index (χ1v) is 10.4. The second kappa shape index (κ2) is 9.72. The molecule has 0 atom stereocenters. The molecule has 0 aliphatic carbocycles. The molecular formula is C22H18ClF4N5O2. The summed E-state index contributed by atoms with van der Waals surface area (Å²) in [7, 11) is 0. The Morgan fingerprint density at radius 1 is 1.09 bits per heavy atom. The lowest BCUT2D eigenvalue weighted by Gasteiger charge is -2.05. The number of nitrogens with zero attached hydrogens (tertiary/aromatic N) is 4. The summed E-state index contributed by atoms with van der Waals surface area (Å²) in [5, 5.41) is 9.55. The number of hydrogen-bond donors (Lipinski definition) is 1. The van der Waals surface area contributed by atoms with Gasteiger partial charge in [0.15, 0.2) is 11.6 Å². The zero-order valence-corrected chi connectivity index (χ0v) is 18.4. The maximum atomic E-state index is 13.3. The van der Waals surface area contributed by atoms with Crippen molar-refractivity contribution in [3.63, 3.8) is 0 Å². The van der Waals surface area contributed by atoms with Crippen LogP contribution in [-0.4, -0.2) is 25.5 Å². The van der Waals surface area contributed by atoms with Crippen LogP contribution in [-0.2, 0) is 13.1 Å². The lowest BCUT2D eigenvalue weighted by Crippen LogP contribution is -2.12. The fraction of sp³-hybridized carbons (Fsp3) is 0.227. The Morgan fingerprint density at radius 2 is 1.88 bits per heavy atom. The molecule has 0 saturated heterocycles. The molecular weight excluding hydrogens is 478 g/mol. The third-order valence-corrected chi connectivity index (χ3v) is 5.26. The number of furan rings is 1. The Bertz CT molecular complexity index is 1310. The molecule has 12 heteroatoms. The minimum absolute atomic E-state index is 0.0528. The number of halogens is 5. The van der Waals surface area contributed by atoms with Crippen LogP contribution in [0.15, 0.2) is 53.1 Å². The fourth-order valence-electron chi connectivity index (χ4n) is 3.37. The van der Waals surface area contributed by atoms with Crippen LogP contribution in [0.3, 0.4) is 0 Å². The lowest BCUT2D eigenvalue weighted by molar-refractivity contribution is 0.0993. The molecule has 0 unspecified atom stereocenters. The average molecular weight is 496 g/mol. The number of carbonyl (C=O) groups excluding carboxylic acids is 1. The van der Waals surface area contributed by atoms with Crippen LogP contribution < -0.4 is 5.32 Å². The molecule has 7 nitrogen and oxygen atoms in total. The van der Waals surface area contributed by atoms with Crippen LogP contribution in [0.25, 0.3) is 0 Å². The van der Waals surface area contributed by atoms with Gasteiger partial charge in [-0.2, -0.15) is 10.2 Å². The van der Waals surface area contributed by atoms with Crippen LogP contribution in [0.1, 0.15) is 51.7 Å². The highest BCUT2D eigenvalue weighted by Gasteiger charge is 2.28. The third kappa shape index (κ3) is 5.14. The van der Waals surface area contributed by atoms with Crippen molar-refractivity contribution in [2.75, 3.05) is 5.32 Å². The van der Waals surface area contributed by atoms with E-state index in [1.165, 1.54) is 12.1 Å². The number of carbonyl (C=O) groups is 1. The van der Waals surface area contributed by atoms with Gasteiger partial charge in [-0.1, -0.05) is 41.4 Å². The average Bonchev–Trinajstić information content (AvgIpc) is 3.48. The summed E-state index contributed by atoms with van der Waals surface area (Å²) in [6.07, 6.45) is -4.53. The van der Waals surface area contributed by atoms with Crippen molar-refractivity contribution in [3.05, 3.63) is 87.7 Å². The van der Waals surface area contributed by atoms with E-state index in [-0.39, 0.29) is 17.3 Å². The van der Waals surface area contributed by atoms with Crippen molar-refractivity contribution in [3.8, 4) is 0 Å². The van der Waals surface area contributed by atoms with Gasteiger partial charge in [-0.05, 0) is 24.6 Å². The second-order valence-corrected chi connectivity index (χ2v) is 7.83. The topological polar surface area (TPSA) is 77.9 Å². The van der Waals surface area contributed by atoms with E-state index in [1.807, 2.05) is 31.2 Å². The minimum atomic E-state index is -3.12. The minimum Gasteiger partial charge on any atom is -0.454 e. The fourth-order valence-corrected chi connectivity index (χ4v) is 3.67. The summed E-state index contributed by atoms with van der Waals surface area (Å²) >= 11 is 5.65. The zero-order valence-electron chi connectivity index (χ0n) is 17.7. The van der Waals surface area contributed by atoms with Crippen molar-refractivity contribution < 1.29 is 26.8 Å². The van der Waals surface area contributed by atoms with E-state index in [0.29, 0.717) is 11.2 Å². The zero-order chi connectivity index (χ0) is 24.4. The summed E-state index contributed by atoms with van der Waals surface area (Å²) < 4.78 is 60.3. The van der Waals surface area contributed by atoms with Gasteiger partial charge in [-0.15, -0.1) is 0 Å². The number of benzene rings is 1. The van der Waals surface area contributed by atoms with E-state index in [0.717, 1.165) is 11.1 Å². The van der Waals surface area contributed by atoms with Crippen molar-refractivity contribution in [2.45, 2.75) is 32.9 Å². The molecule has 4 aromatic rings. The molecule has 0 fully saturated rings. The van der Waals surface area contributed by atoms with Crippen molar-refractivity contribution in [1.29, 1.82) is 0 Å². The Labute approximate surface area is 195 Å². The van der Waals surface area contributed by atoms with Crippen molar-refractivity contribution >= 4 is 23.3 Å². The van der Waals surface area contributed by atoms with E-state index in [4.69, 9.17) is 16.0 Å². The van der Waals surface area contributed by atoms with E-state index < -0.39 is 41.7 Å². The molecule has 1 amide bonds. The van der Waals surface area contributed by atoms with Gasteiger partial charge in [0.1, 0.15) is 17.1 Å². The molecule has 3 heterocycles. The van der Waals surface area contributed by atoms with E-state index in [2.05, 4.69) is 15.5 Å². The molecule has 1 aromatic carbocycles. The number of amides is 1. The normalized spacial score (nSPS) is 11.5. The number of aryl methyl sites for hydroxylation is 1. The maximum absolute atomic E-state index is 13.3. The predicted octanol–water partition coefficient (Wildman–Crippen LogP) is 5.86. The van der Waals surface area contributed by atoms with Gasteiger partial charge in [-0.3, -0.25) is 14.2 Å². The maximum Gasteiger partial charge on any atom is 0.292 e. The highest BCUT2D eigenvalue weighted by molar-refractivity contribution is 6.32. The molecule has 0 aliphatic heterocycles. The molecule has 0 spiro atoms. The molecule has 0 saturated carbocycles. The summed E-state index contributed by atoms with van der Waals surface area (Å²) in [6.45, 7) is 2.09. The van der Waals surface area contributed by atoms with Gasteiger partial charge in [-0.25, -0.2) is 17.6 Å². The molecule has 1 N–H and O–H groups in total. The SMILES string of the molecule is Cc1cccc(Cn2ccc(NC(=O)c3ccc(Cn4nc(C(F)F)c(Cl)c4C(F)F)o3)n2)c1. The van der Waals surface area contributed by atoms with Gasteiger partial charge in [0, 0.05) is 12.3 Å². The first-order valence-electron chi connectivity index (χ1n) is 10.0. The number of rotatable bonds is 8. The van der Waals surface area contributed by atoms with Crippen molar-refractivity contribution in [1.82, 2.24) is 19.6 Å². The van der Waals surface area contributed by atoms with Crippen molar-refractivity contribution in [2.24, 2.45) is 0 Å². The Kier molecular flexibility index (Phi) is 6.73. The Morgan fingerprint density at radius 3 is 2.59 bits per heavy atom. The van der Waals surface area contributed by atoms with Gasteiger partial charge >= 0.3 is 0 Å². The number of aromatic nitrogens is 4. The smallest absolute Gasteiger partial charge is 0.292 e. The van der Waals surface area contributed by atoms with Gasteiger partial charge in [0.05, 0.1) is 18.1 Å². The third-order valence-electron chi connectivity index (χ3n) is 4.87. The summed E-state index contributed by atoms with van der Waals surface area (Å²) in [4.78, 5) is 12.5. The predicted molar refractivity (Wildman–Crippen MR) is 115 cm³/mol. The van der Waals surface area contributed by atoms with Gasteiger partial charge in [0.2, 0.25) is 0 Å². The summed E-state index contributed by atoms with van der Waals surface area (Å²) in [6, 6.07) is 12.2. The van der Waals surface area contributed by atoms with Crippen LogP contribution in [0.2, 0.25) is 5.02 Å². The van der Waals surface area contributed by atoms with E-state index >= 15 is 0 Å². The number of alkyl halides is 4. The second-order valence-electron chi connectivity index (χ2n) is 7.45. The molecule has 3 aromatic heterocycles. The van der Waals surface area contributed by atoms with Crippen LogP contribution in [0, 0.1) is 6.92 Å². The van der Waals surface area contributed by atoms with Crippen LogP contribution in [0.4, 0.5) is 23.4 Å². The lowest BCUT2D eigenvalue weighted by atomic mass is 10.1. The monoisotopic (exact) mass is 495 g/mol.